The van der Waals surface area contributed by atoms with E-state index in [4.69, 9.17) is 14.2 Å². The molecule has 1 atom stereocenters. The first-order chi connectivity index (χ1) is 28.0. The molecule has 328 valence electrons. The van der Waals surface area contributed by atoms with Crippen molar-refractivity contribution < 1.29 is 28.6 Å². The number of allylic oxidation sites excluding steroid dienone is 10. The zero-order valence-corrected chi connectivity index (χ0v) is 37.3. The van der Waals surface area contributed by atoms with Gasteiger partial charge in [-0.1, -0.05) is 197 Å². The Kier molecular flexibility index (Phi) is 43.5. The molecule has 0 amide bonds. The lowest BCUT2D eigenvalue weighted by Gasteiger charge is -2.18. The van der Waals surface area contributed by atoms with E-state index in [1.165, 1.54) is 89.9 Å². The van der Waals surface area contributed by atoms with Crippen LogP contribution in [0.25, 0.3) is 0 Å². The van der Waals surface area contributed by atoms with Gasteiger partial charge in [0.25, 0.3) is 0 Å². The quantitative estimate of drug-likeness (QED) is 0.0201. The van der Waals surface area contributed by atoms with Gasteiger partial charge in [-0.2, -0.15) is 0 Å². The minimum atomic E-state index is -0.784. The third kappa shape index (κ3) is 44.1. The maximum Gasteiger partial charge on any atom is 0.306 e. The van der Waals surface area contributed by atoms with E-state index in [0.717, 1.165) is 96.3 Å². The van der Waals surface area contributed by atoms with Crippen LogP contribution in [-0.4, -0.2) is 37.2 Å². The summed E-state index contributed by atoms with van der Waals surface area (Å²) in [4.78, 5) is 37.8. The Morgan fingerprint density at radius 2 is 0.754 bits per heavy atom. The number of hydrogen-bond acceptors (Lipinski definition) is 6. The van der Waals surface area contributed by atoms with E-state index < -0.39 is 6.10 Å². The number of rotatable bonds is 42. The monoisotopic (exact) mass is 797 g/mol. The lowest BCUT2D eigenvalue weighted by Crippen LogP contribution is -2.30. The van der Waals surface area contributed by atoms with Crippen molar-refractivity contribution in [1.82, 2.24) is 0 Å². The Labute approximate surface area is 351 Å². The predicted molar refractivity (Wildman–Crippen MR) is 242 cm³/mol. The Morgan fingerprint density at radius 3 is 1.23 bits per heavy atom. The fraction of sp³-hybridized carbons (Fsp3) is 0.745. The normalized spacial score (nSPS) is 12.5. The SMILES string of the molecule is CC\C=C/C=C\C=C/CCCCCCCC(=O)OC(COC(=O)CCCCCCCCC/C=C\C/C=C\CCCCC)COC(=O)CCCCCCCCCCC. The molecule has 57 heavy (non-hydrogen) atoms. The Hall–Kier alpha value is -2.89. The molecule has 0 rings (SSSR count). The second-order valence-electron chi connectivity index (χ2n) is 15.7. The molecule has 0 aliphatic rings. The van der Waals surface area contributed by atoms with Gasteiger partial charge in [0, 0.05) is 19.3 Å². The molecule has 6 heteroatoms. The molecule has 0 heterocycles. The molecule has 0 N–H and O–H groups in total. The predicted octanol–water partition coefficient (Wildman–Crippen LogP) is 15.3. The van der Waals surface area contributed by atoms with Gasteiger partial charge in [-0.25, -0.2) is 0 Å². The van der Waals surface area contributed by atoms with E-state index in [1.807, 2.05) is 0 Å². The molecule has 0 radical (unpaired) electrons. The van der Waals surface area contributed by atoms with Crippen LogP contribution in [0.3, 0.4) is 0 Å². The molecular formula is C51H88O6. The summed E-state index contributed by atoms with van der Waals surface area (Å²) in [7, 11) is 0. The van der Waals surface area contributed by atoms with Crippen LogP contribution < -0.4 is 0 Å². The van der Waals surface area contributed by atoms with E-state index in [0.29, 0.717) is 19.3 Å². The summed E-state index contributed by atoms with van der Waals surface area (Å²) in [5.41, 5.74) is 0. The number of carbonyl (C=O) groups excluding carboxylic acids is 3. The molecular weight excluding hydrogens is 709 g/mol. The first-order valence-electron chi connectivity index (χ1n) is 23.8. The van der Waals surface area contributed by atoms with E-state index in [1.54, 1.807) is 0 Å². The van der Waals surface area contributed by atoms with Crippen LogP contribution in [0.4, 0.5) is 0 Å². The van der Waals surface area contributed by atoms with Crippen LogP contribution in [0.2, 0.25) is 0 Å². The summed E-state index contributed by atoms with van der Waals surface area (Å²) in [6.07, 6.45) is 54.9. The van der Waals surface area contributed by atoms with Crippen molar-refractivity contribution in [3.63, 3.8) is 0 Å². The maximum atomic E-state index is 12.7. The number of ether oxygens (including phenoxy) is 3. The zero-order chi connectivity index (χ0) is 41.5. The number of esters is 3. The van der Waals surface area contributed by atoms with Crippen molar-refractivity contribution in [3.05, 3.63) is 60.8 Å². The Balaban J connectivity index is 4.37. The lowest BCUT2D eigenvalue weighted by atomic mass is 10.1. The third-order valence-electron chi connectivity index (χ3n) is 10.1. The number of unbranched alkanes of at least 4 members (excludes halogenated alkanes) is 23. The number of carbonyl (C=O) groups is 3. The van der Waals surface area contributed by atoms with Gasteiger partial charge in [0.15, 0.2) is 6.10 Å². The third-order valence-corrected chi connectivity index (χ3v) is 10.1. The second kappa shape index (κ2) is 45.8. The van der Waals surface area contributed by atoms with Gasteiger partial charge in [0.2, 0.25) is 0 Å². The fourth-order valence-corrected chi connectivity index (χ4v) is 6.47. The first kappa shape index (κ1) is 54.1. The van der Waals surface area contributed by atoms with Crippen molar-refractivity contribution in [3.8, 4) is 0 Å². The number of hydrogen-bond donors (Lipinski definition) is 0. The molecule has 0 fully saturated rings. The van der Waals surface area contributed by atoms with Gasteiger partial charge < -0.3 is 14.2 Å². The topological polar surface area (TPSA) is 78.9 Å². The lowest BCUT2D eigenvalue weighted by molar-refractivity contribution is -0.167. The molecule has 0 aliphatic heterocycles. The van der Waals surface area contributed by atoms with Gasteiger partial charge in [0.1, 0.15) is 13.2 Å². The van der Waals surface area contributed by atoms with Crippen LogP contribution in [0.1, 0.15) is 226 Å². The summed E-state index contributed by atoms with van der Waals surface area (Å²) in [6.45, 7) is 6.43. The molecule has 0 aromatic carbocycles. The van der Waals surface area contributed by atoms with Crippen LogP contribution in [-0.2, 0) is 28.6 Å². The Morgan fingerprint density at radius 1 is 0.386 bits per heavy atom. The minimum absolute atomic E-state index is 0.0845. The summed E-state index contributed by atoms with van der Waals surface area (Å²) in [6, 6.07) is 0. The zero-order valence-electron chi connectivity index (χ0n) is 37.3. The highest BCUT2D eigenvalue weighted by Crippen LogP contribution is 2.14. The average molecular weight is 797 g/mol. The molecule has 0 bridgehead atoms. The largest absolute Gasteiger partial charge is 0.462 e. The van der Waals surface area contributed by atoms with Crippen LogP contribution in [0.5, 0.6) is 0 Å². The molecule has 0 aliphatic carbocycles. The summed E-state index contributed by atoms with van der Waals surface area (Å²) in [5, 5.41) is 0. The van der Waals surface area contributed by atoms with Crippen molar-refractivity contribution in [2.45, 2.75) is 232 Å². The van der Waals surface area contributed by atoms with Gasteiger partial charge >= 0.3 is 17.9 Å². The Bertz CT molecular complexity index is 1050. The van der Waals surface area contributed by atoms with Crippen molar-refractivity contribution in [1.29, 1.82) is 0 Å². The van der Waals surface area contributed by atoms with Crippen LogP contribution >= 0.6 is 0 Å². The summed E-state index contributed by atoms with van der Waals surface area (Å²) in [5.74, 6) is -0.917. The van der Waals surface area contributed by atoms with Crippen LogP contribution in [0, 0.1) is 0 Å². The smallest absolute Gasteiger partial charge is 0.306 e. The fourth-order valence-electron chi connectivity index (χ4n) is 6.47. The van der Waals surface area contributed by atoms with E-state index in [-0.39, 0.29) is 31.1 Å². The van der Waals surface area contributed by atoms with Crippen molar-refractivity contribution in [2.24, 2.45) is 0 Å². The minimum Gasteiger partial charge on any atom is -0.462 e. The molecule has 0 saturated heterocycles. The summed E-state index contributed by atoms with van der Waals surface area (Å²) >= 11 is 0. The van der Waals surface area contributed by atoms with Crippen molar-refractivity contribution in [2.75, 3.05) is 13.2 Å². The van der Waals surface area contributed by atoms with E-state index >= 15 is 0 Å². The molecule has 6 nitrogen and oxygen atoms in total. The molecule has 0 saturated carbocycles. The van der Waals surface area contributed by atoms with E-state index in [9.17, 15) is 14.4 Å². The summed E-state index contributed by atoms with van der Waals surface area (Å²) < 4.78 is 16.7. The molecule has 0 spiro atoms. The van der Waals surface area contributed by atoms with Crippen LogP contribution in [0.15, 0.2) is 60.8 Å². The van der Waals surface area contributed by atoms with Crippen molar-refractivity contribution >= 4 is 17.9 Å². The standard InChI is InChI=1S/C51H88O6/c1-4-7-10-13-16-19-21-23-24-25-26-28-29-32-35-38-41-44-50(53)56-47-48(46-55-49(52)43-40-37-34-31-18-15-12-9-6-3)57-51(54)45-42-39-36-33-30-27-22-20-17-14-11-8-5-2/h8,11,14,16-17,19-20,22-24,48H,4-7,9-10,12-13,15,18,21,25-47H2,1-3H3/b11-8-,17-14-,19-16-,22-20-,24-23-. The van der Waals surface area contributed by atoms with E-state index in [2.05, 4.69) is 81.5 Å². The molecule has 0 aromatic rings. The van der Waals surface area contributed by atoms with Gasteiger partial charge in [0.05, 0.1) is 0 Å². The second-order valence-corrected chi connectivity index (χ2v) is 15.7. The average Bonchev–Trinajstić information content (AvgIpc) is 3.21. The van der Waals surface area contributed by atoms with Gasteiger partial charge in [-0.05, 0) is 70.6 Å². The van der Waals surface area contributed by atoms with Gasteiger partial charge in [-0.15, -0.1) is 0 Å². The highest BCUT2D eigenvalue weighted by atomic mass is 16.6. The molecule has 1 unspecified atom stereocenters. The molecule has 0 aromatic heterocycles. The maximum absolute atomic E-state index is 12.7. The highest BCUT2D eigenvalue weighted by molar-refractivity contribution is 5.71. The first-order valence-corrected chi connectivity index (χ1v) is 23.8. The highest BCUT2D eigenvalue weighted by Gasteiger charge is 2.19. The van der Waals surface area contributed by atoms with Gasteiger partial charge in [-0.3, -0.25) is 14.4 Å².